The van der Waals surface area contributed by atoms with Crippen molar-refractivity contribution in [2.75, 3.05) is 13.1 Å². The summed E-state index contributed by atoms with van der Waals surface area (Å²) < 4.78 is 0. The van der Waals surface area contributed by atoms with Gasteiger partial charge in [0.25, 0.3) is 22.7 Å². The maximum atomic E-state index is 12.5. The van der Waals surface area contributed by atoms with Crippen molar-refractivity contribution in [3.05, 3.63) is 79.7 Å². The van der Waals surface area contributed by atoms with Gasteiger partial charge in [-0.3, -0.25) is 29.4 Å². The predicted molar refractivity (Wildman–Crippen MR) is 114 cm³/mol. The Balaban J connectivity index is 1.64. The van der Waals surface area contributed by atoms with Gasteiger partial charge in [-0.1, -0.05) is 42.0 Å². The summed E-state index contributed by atoms with van der Waals surface area (Å²) in [5.41, 5.74) is 1.95. The lowest BCUT2D eigenvalue weighted by Gasteiger charge is -2.13. The lowest BCUT2D eigenvalue weighted by atomic mass is 10.1. The minimum Gasteiger partial charge on any atom is -0.350 e. The van der Waals surface area contributed by atoms with Crippen molar-refractivity contribution in [3.63, 3.8) is 0 Å². The number of nitro benzene ring substituents is 1. The molecule has 0 saturated carbocycles. The Morgan fingerprint density at radius 1 is 1.17 bits per heavy atom. The van der Waals surface area contributed by atoms with Crippen LogP contribution in [0.4, 0.5) is 10.5 Å². The zero-order chi connectivity index (χ0) is 21.8. The Morgan fingerprint density at radius 3 is 2.53 bits per heavy atom. The zero-order valence-electron chi connectivity index (χ0n) is 16.4. The van der Waals surface area contributed by atoms with Crippen LogP contribution in [-0.4, -0.2) is 40.0 Å². The van der Waals surface area contributed by atoms with E-state index in [9.17, 15) is 24.5 Å². The standard InChI is InChI=1S/C21H19N3O5S/c1-13-6-8-15(9-7-13)12-17-20(26)23(21(27)30-17)11-10-22-19(25)16-5-3-4-14(2)18(16)24(28)29/h3-9,12H,10-11H2,1-2H3,(H,22,25)/b17-12-. The number of thioether (sulfide) groups is 1. The Hall–Kier alpha value is -3.46. The van der Waals surface area contributed by atoms with Gasteiger partial charge in [-0.25, -0.2) is 0 Å². The van der Waals surface area contributed by atoms with E-state index in [0.717, 1.165) is 27.8 Å². The number of carbonyl (C=O) groups excluding carboxylic acids is 3. The number of aryl methyl sites for hydroxylation is 2. The second-order valence-electron chi connectivity index (χ2n) is 6.73. The topological polar surface area (TPSA) is 110 Å². The number of rotatable bonds is 6. The highest BCUT2D eigenvalue weighted by Gasteiger charge is 2.34. The van der Waals surface area contributed by atoms with Crippen molar-refractivity contribution >= 4 is 40.6 Å². The molecule has 0 radical (unpaired) electrons. The molecule has 3 amide bonds. The molecule has 0 bridgehead atoms. The van der Waals surface area contributed by atoms with Gasteiger partial charge >= 0.3 is 0 Å². The van der Waals surface area contributed by atoms with E-state index in [1.54, 1.807) is 25.1 Å². The van der Waals surface area contributed by atoms with Crippen molar-refractivity contribution in [1.82, 2.24) is 10.2 Å². The second-order valence-corrected chi connectivity index (χ2v) is 7.72. The number of amides is 3. The molecule has 0 aliphatic carbocycles. The van der Waals surface area contributed by atoms with Gasteiger partial charge in [0, 0.05) is 18.7 Å². The van der Waals surface area contributed by atoms with Crippen LogP contribution in [0.5, 0.6) is 0 Å². The van der Waals surface area contributed by atoms with E-state index in [2.05, 4.69) is 5.32 Å². The first-order valence-corrected chi connectivity index (χ1v) is 9.94. The quantitative estimate of drug-likeness (QED) is 0.430. The van der Waals surface area contributed by atoms with Gasteiger partial charge in [0.15, 0.2) is 0 Å². The summed E-state index contributed by atoms with van der Waals surface area (Å²) in [7, 11) is 0. The molecule has 3 rings (SSSR count). The summed E-state index contributed by atoms with van der Waals surface area (Å²) >= 11 is 0.841. The number of imide groups is 1. The lowest BCUT2D eigenvalue weighted by Crippen LogP contribution is -2.37. The first kappa shape index (κ1) is 21.3. The normalized spacial score (nSPS) is 15.0. The summed E-state index contributed by atoms with van der Waals surface area (Å²) in [6.07, 6.45) is 1.65. The van der Waals surface area contributed by atoms with Gasteiger partial charge < -0.3 is 5.32 Å². The largest absolute Gasteiger partial charge is 0.350 e. The van der Waals surface area contributed by atoms with Crippen LogP contribution in [0.15, 0.2) is 47.4 Å². The van der Waals surface area contributed by atoms with E-state index in [4.69, 9.17) is 0 Å². The van der Waals surface area contributed by atoms with Gasteiger partial charge in [0.2, 0.25) is 0 Å². The first-order chi connectivity index (χ1) is 14.3. The molecule has 0 spiro atoms. The summed E-state index contributed by atoms with van der Waals surface area (Å²) in [5, 5.41) is 13.4. The number of hydrogen-bond donors (Lipinski definition) is 1. The number of carbonyl (C=O) groups is 3. The second kappa shape index (κ2) is 8.91. The Morgan fingerprint density at radius 2 is 1.87 bits per heavy atom. The molecule has 1 aliphatic heterocycles. The smallest absolute Gasteiger partial charge is 0.293 e. The van der Waals surface area contributed by atoms with Crippen LogP contribution in [0.1, 0.15) is 27.0 Å². The number of nitrogens with one attached hydrogen (secondary N) is 1. The minimum absolute atomic E-state index is 0.0141. The van der Waals surface area contributed by atoms with Crippen LogP contribution < -0.4 is 5.32 Å². The van der Waals surface area contributed by atoms with E-state index in [-0.39, 0.29) is 24.3 Å². The van der Waals surface area contributed by atoms with Gasteiger partial charge in [-0.2, -0.15) is 0 Å². The zero-order valence-corrected chi connectivity index (χ0v) is 17.2. The molecule has 0 aromatic heterocycles. The third kappa shape index (κ3) is 4.57. The maximum absolute atomic E-state index is 12.5. The fraction of sp³-hybridized carbons (Fsp3) is 0.190. The van der Waals surface area contributed by atoms with Crippen LogP contribution in [0.25, 0.3) is 6.08 Å². The molecular weight excluding hydrogens is 406 g/mol. The highest BCUT2D eigenvalue weighted by Crippen LogP contribution is 2.32. The Kier molecular flexibility index (Phi) is 6.31. The molecule has 2 aromatic carbocycles. The van der Waals surface area contributed by atoms with Gasteiger partial charge in [0.1, 0.15) is 5.56 Å². The third-order valence-electron chi connectivity index (χ3n) is 4.53. The van der Waals surface area contributed by atoms with E-state index in [1.165, 1.54) is 6.07 Å². The average Bonchev–Trinajstić information content (AvgIpc) is 2.96. The maximum Gasteiger partial charge on any atom is 0.293 e. The predicted octanol–water partition coefficient (Wildman–Crippen LogP) is 3.68. The molecule has 9 heteroatoms. The van der Waals surface area contributed by atoms with Crippen LogP contribution in [0, 0.1) is 24.0 Å². The Bertz CT molecular complexity index is 1060. The molecule has 30 heavy (non-hydrogen) atoms. The lowest BCUT2D eigenvalue weighted by molar-refractivity contribution is -0.385. The first-order valence-electron chi connectivity index (χ1n) is 9.12. The van der Waals surface area contributed by atoms with Crippen molar-refractivity contribution in [2.45, 2.75) is 13.8 Å². The van der Waals surface area contributed by atoms with Gasteiger partial charge in [-0.15, -0.1) is 0 Å². The summed E-state index contributed by atoms with van der Waals surface area (Å²) in [6.45, 7) is 3.47. The monoisotopic (exact) mass is 425 g/mol. The number of para-hydroxylation sites is 1. The van der Waals surface area contributed by atoms with E-state index in [0.29, 0.717) is 10.5 Å². The molecule has 1 heterocycles. The molecule has 2 aromatic rings. The molecule has 1 N–H and O–H groups in total. The average molecular weight is 425 g/mol. The summed E-state index contributed by atoms with van der Waals surface area (Å²) in [6, 6.07) is 12.0. The van der Waals surface area contributed by atoms with Gasteiger partial charge in [-0.05, 0) is 43.3 Å². The van der Waals surface area contributed by atoms with E-state index >= 15 is 0 Å². The van der Waals surface area contributed by atoms with Crippen LogP contribution in [-0.2, 0) is 4.79 Å². The molecule has 8 nitrogen and oxygen atoms in total. The highest BCUT2D eigenvalue weighted by atomic mass is 32.2. The number of nitrogens with zero attached hydrogens (tertiary/aromatic N) is 2. The van der Waals surface area contributed by atoms with Crippen LogP contribution >= 0.6 is 11.8 Å². The molecule has 0 atom stereocenters. The van der Waals surface area contributed by atoms with Crippen molar-refractivity contribution in [2.24, 2.45) is 0 Å². The molecule has 1 saturated heterocycles. The van der Waals surface area contributed by atoms with Crippen molar-refractivity contribution < 1.29 is 19.3 Å². The minimum atomic E-state index is -0.632. The third-order valence-corrected chi connectivity index (χ3v) is 5.44. The molecule has 1 fully saturated rings. The number of benzene rings is 2. The van der Waals surface area contributed by atoms with E-state index in [1.807, 2.05) is 31.2 Å². The summed E-state index contributed by atoms with van der Waals surface area (Å²) in [5.74, 6) is -1.06. The molecular formula is C21H19N3O5S. The fourth-order valence-electron chi connectivity index (χ4n) is 2.97. The SMILES string of the molecule is Cc1ccc(/C=C2\SC(=O)N(CCNC(=O)c3cccc(C)c3[N+](=O)[O-])C2=O)cc1. The summed E-state index contributed by atoms with van der Waals surface area (Å²) in [4.78, 5) is 49.1. The molecule has 0 unspecified atom stereocenters. The fourth-order valence-corrected chi connectivity index (χ4v) is 3.83. The number of hydrogen-bond acceptors (Lipinski definition) is 6. The van der Waals surface area contributed by atoms with Gasteiger partial charge in [0.05, 0.1) is 9.83 Å². The van der Waals surface area contributed by atoms with Crippen LogP contribution in [0.3, 0.4) is 0 Å². The number of nitro groups is 1. The molecule has 154 valence electrons. The van der Waals surface area contributed by atoms with Crippen molar-refractivity contribution in [3.8, 4) is 0 Å². The Labute approximate surface area is 177 Å². The van der Waals surface area contributed by atoms with Crippen molar-refractivity contribution in [1.29, 1.82) is 0 Å². The van der Waals surface area contributed by atoms with E-state index < -0.39 is 22.0 Å². The highest BCUT2D eigenvalue weighted by molar-refractivity contribution is 8.18. The van der Waals surface area contributed by atoms with Crippen LogP contribution in [0.2, 0.25) is 0 Å². The molecule has 1 aliphatic rings.